The Balaban J connectivity index is 1.16. The van der Waals surface area contributed by atoms with Crippen LogP contribution in [0, 0.1) is 25.2 Å². The number of rotatable bonds is 16. The summed E-state index contributed by atoms with van der Waals surface area (Å²) in [5.41, 5.74) is 7.68. The van der Waals surface area contributed by atoms with E-state index in [1.54, 1.807) is 24.7 Å². The van der Waals surface area contributed by atoms with E-state index in [1.807, 2.05) is 12.1 Å². The third-order valence-corrected chi connectivity index (χ3v) is 9.28. The van der Waals surface area contributed by atoms with Gasteiger partial charge in [-0.05, 0) is 92.2 Å². The van der Waals surface area contributed by atoms with Gasteiger partial charge in [0.1, 0.15) is 42.8 Å². The first-order valence-corrected chi connectivity index (χ1v) is 17.4. The van der Waals surface area contributed by atoms with E-state index in [0.29, 0.717) is 54.3 Å². The lowest BCUT2D eigenvalue weighted by atomic mass is 9.93. The van der Waals surface area contributed by atoms with Gasteiger partial charge >= 0.3 is 0 Å². The highest BCUT2D eigenvalue weighted by Gasteiger charge is 2.16. The van der Waals surface area contributed by atoms with Crippen LogP contribution in [-0.2, 0) is 26.3 Å². The lowest BCUT2D eigenvalue weighted by molar-refractivity contribution is 0.262. The largest absolute Gasteiger partial charge is 0.493 e. The molecule has 3 aromatic carbocycles. The Kier molecular flexibility index (Phi) is 12.0. The second-order valence-electron chi connectivity index (χ2n) is 12.5. The van der Waals surface area contributed by atoms with Gasteiger partial charge in [-0.2, -0.15) is 5.26 Å². The summed E-state index contributed by atoms with van der Waals surface area (Å²) in [5.74, 6) is 2.62. The van der Waals surface area contributed by atoms with Gasteiger partial charge < -0.3 is 28.8 Å². The molecule has 0 atom stereocenters. The molecule has 0 unspecified atom stereocenters. The summed E-state index contributed by atoms with van der Waals surface area (Å²) in [4.78, 5) is 10.8. The Morgan fingerprint density at radius 2 is 1.68 bits per heavy atom. The number of aromatic nitrogens is 2. The van der Waals surface area contributed by atoms with Crippen LogP contribution in [-0.4, -0.2) is 41.1 Å². The second kappa shape index (κ2) is 17.2. The van der Waals surface area contributed by atoms with E-state index in [2.05, 4.69) is 76.5 Å². The molecule has 1 aliphatic rings. The zero-order chi connectivity index (χ0) is 34.7. The third kappa shape index (κ3) is 9.01. The van der Waals surface area contributed by atoms with Crippen molar-refractivity contribution in [2.75, 3.05) is 26.2 Å². The molecule has 1 N–H and O–H groups in total. The molecule has 1 aliphatic heterocycles. The van der Waals surface area contributed by atoms with Gasteiger partial charge in [-0.1, -0.05) is 41.9 Å². The van der Waals surface area contributed by atoms with Crippen LogP contribution in [0.4, 0.5) is 0 Å². The number of benzene rings is 3. The molecule has 0 amide bonds. The van der Waals surface area contributed by atoms with Gasteiger partial charge in [0, 0.05) is 42.7 Å². The van der Waals surface area contributed by atoms with Crippen LogP contribution in [0.1, 0.15) is 58.5 Å². The molecular weight excluding hydrogens is 650 g/mol. The summed E-state index contributed by atoms with van der Waals surface area (Å²) in [6.45, 7) is 9.91. The summed E-state index contributed by atoms with van der Waals surface area (Å²) in [7, 11) is 0. The van der Waals surface area contributed by atoms with Crippen molar-refractivity contribution in [3.8, 4) is 34.4 Å². The average Bonchev–Trinajstić information content (AvgIpc) is 3.86. The van der Waals surface area contributed by atoms with Crippen LogP contribution < -0.4 is 19.5 Å². The predicted molar refractivity (Wildman–Crippen MR) is 193 cm³/mol. The highest BCUT2D eigenvalue weighted by Crippen LogP contribution is 2.36. The topological polar surface area (TPSA) is 106 Å². The molecule has 3 heterocycles. The standard InChI is InChI=1S/C40H42ClN5O4/c1-28-32(8-5-9-34(28)35-10-6-11-37(29(35)2)47-16-7-15-46-13-3-4-14-46)27-50-39-20-38(49-26-31-18-30(21-42)22-43-23-31)33(19-36(39)41)24-44-25-40-45-12-17-48-40/h5-6,8-12,17-20,22-23,44H,3-4,7,13-16,24-27H2,1-2H3. The number of nitrogens with one attached hydrogen (secondary N) is 1. The molecule has 258 valence electrons. The minimum absolute atomic E-state index is 0.220. The van der Waals surface area contributed by atoms with Crippen molar-refractivity contribution in [3.63, 3.8) is 0 Å². The molecule has 0 bridgehead atoms. The Morgan fingerprint density at radius 3 is 2.48 bits per heavy atom. The van der Waals surface area contributed by atoms with E-state index in [-0.39, 0.29) is 6.61 Å². The van der Waals surface area contributed by atoms with Crippen molar-refractivity contribution in [2.24, 2.45) is 0 Å². The fourth-order valence-corrected chi connectivity index (χ4v) is 6.46. The molecule has 9 nitrogen and oxygen atoms in total. The maximum atomic E-state index is 9.29. The minimum atomic E-state index is 0.220. The highest BCUT2D eigenvalue weighted by atomic mass is 35.5. The van der Waals surface area contributed by atoms with Crippen molar-refractivity contribution in [1.82, 2.24) is 20.2 Å². The molecule has 1 saturated heterocycles. The van der Waals surface area contributed by atoms with Gasteiger partial charge in [0.05, 0.1) is 29.9 Å². The van der Waals surface area contributed by atoms with E-state index in [0.717, 1.165) is 57.7 Å². The van der Waals surface area contributed by atoms with Gasteiger partial charge in [0.25, 0.3) is 0 Å². The van der Waals surface area contributed by atoms with Crippen molar-refractivity contribution in [3.05, 3.63) is 124 Å². The molecule has 1 fully saturated rings. The van der Waals surface area contributed by atoms with Crippen molar-refractivity contribution in [2.45, 2.75) is 59.4 Å². The van der Waals surface area contributed by atoms with Crippen LogP contribution >= 0.6 is 11.6 Å². The van der Waals surface area contributed by atoms with Gasteiger partial charge in [-0.3, -0.25) is 4.98 Å². The lowest BCUT2D eigenvalue weighted by Crippen LogP contribution is -2.22. The van der Waals surface area contributed by atoms with Gasteiger partial charge in [-0.25, -0.2) is 4.98 Å². The van der Waals surface area contributed by atoms with E-state index < -0.39 is 0 Å². The third-order valence-electron chi connectivity index (χ3n) is 8.99. The predicted octanol–water partition coefficient (Wildman–Crippen LogP) is 8.19. The zero-order valence-electron chi connectivity index (χ0n) is 28.6. The Hall–Kier alpha value is -4.88. The number of nitrogens with zero attached hydrogens (tertiary/aromatic N) is 4. The quantitative estimate of drug-likeness (QED) is 0.103. The van der Waals surface area contributed by atoms with Crippen LogP contribution in [0.15, 0.2) is 83.9 Å². The summed E-state index contributed by atoms with van der Waals surface area (Å²) in [5, 5.41) is 13.1. The second-order valence-corrected chi connectivity index (χ2v) is 12.9. The van der Waals surface area contributed by atoms with Gasteiger partial charge in [-0.15, -0.1) is 0 Å². The zero-order valence-corrected chi connectivity index (χ0v) is 29.3. The number of halogens is 1. The SMILES string of the molecule is Cc1c(COc2cc(OCc3cncc(C#N)c3)c(CNCc3ncco3)cc2Cl)cccc1-c1cccc(OCCCN2CCCC2)c1C. The molecule has 2 aromatic heterocycles. The van der Waals surface area contributed by atoms with Crippen molar-refractivity contribution < 1.29 is 18.6 Å². The number of oxazole rings is 1. The van der Waals surface area contributed by atoms with Crippen LogP contribution in [0.3, 0.4) is 0 Å². The summed E-state index contributed by atoms with van der Waals surface area (Å²) < 4.78 is 24.2. The molecule has 0 saturated carbocycles. The summed E-state index contributed by atoms with van der Waals surface area (Å²) in [6, 6.07) is 20.1. The van der Waals surface area contributed by atoms with Crippen LogP contribution in [0.2, 0.25) is 5.02 Å². The number of hydrogen-bond acceptors (Lipinski definition) is 9. The molecular formula is C40H42ClN5O4. The molecule has 50 heavy (non-hydrogen) atoms. The Labute approximate surface area is 298 Å². The maximum Gasteiger partial charge on any atom is 0.207 e. The summed E-state index contributed by atoms with van der Waals surface area (Å²) in [6.07, 6.45) is 10.0. The molecule has 5 aromatic rings. The number of nitriles is 1. The molecule has 0 spiro atoms. The van der Waals surface area contributed by atoms with E-state index in [1.165, 1.54) is 32.1 Å². The van der Waals surface area contributed by atoms with Gasteiger partial charge in [0.15, 0.2) is 0 Å². The van der Waals surface area contributed by atoms with E-state index in [4.69, 9.17) is 30.2 Å². The van der Waals surface area contributed by atoms with E-state index >= 15 is 0 Å². The molecule has 0 aliphatic carbocycles. The maximum absolute atomic E-state index is 9.29. The van der Waals surface area contributed by atoms with Crippen molar-refractivity contribution in [1.29, 1.82) is 5.26 Å². The molecule has 10 heteroatoms. The number of ether oxygens (including phenoxy) is 3. The molecule has 6 rings (SSSR count). The van der Waals surface area contributed by atoms with E-state index in [9.17, 15) is 5.26 Å². The molecule has 0 radical (unpaired) electrons. The summed E-state index contributed by atoms with van der Waals surface area (Å²) >= 11 is 6.80. The smallest absolute Gasteiger partial charge is 0.207 e. The van der Waals surface area contributed by atoms with Gasteiger partial charge in [0.2, 0.25) is 5.89 Å². The lowest BCUT2D eigenvalue weighted by Gasteiger charge is -2.18. The fourth-order valence-electron chi connectivity index (χ4n) is 6.22. The first-order valence-electron chi connectivity index (χ1n) is 17.0. The normalized spacial score (nSPS) is 12.9. The minimum Gasteiger partial charge on any atom is -0.493 e. The Bertz CT molecular complexity index is 1920. The fraction of sp³-hybridized carbons (Fsp3) is 0.325. The number of likely N-dealkylation sites (tertiary alicyclic amines) is 1. The van der Waals surface area contributed by atoms with Crippen LogP contribution in [0.5, 0.6) is 17.2 Å². The first kappa shape index (κ1) is 35.0. The number of hydrogen-bond donors (Lipinski definition) is 1. The monoisotopic (exact) mass is 691 g/mol. The first-order chi connectivity index (χ1) is 24.5. The average molecular weight is 692 g/mol. The Morgan fingerprint density at radius 1 is 0.880 bits per heavy atom. The number of pyridine rings is 1. The highest BCUT2D eigenvalue weighted by molar-refractivity contribution is 6.32. The van der Waals surface area contributed by atoms with Crippen molar-refractivity contribution >= 4 is 11.6 Å². The van der Waals surface area contributed by atoms with Crippen LogP contribution in [0.25, 0.3) is 11.1 Å².